The number of hydrogen-bond acceptors (Lipinski definition) is 2. The molecule has 1 fully saturated rings. The molecule has 1 N–H and O–H groups in total. The Morgan fingerprint density at radius 3 is 2.39 bits per heavy atom. The van der Waals surface area contributed by atoms with Gasteiger partial charge in [-0.1, -0.05) is 13.8 Å². The molecule has 1 atom stereocenters. The van der Waals surface area contributed by atoms with E-state index in [0.29, 0.717) is 12.0 Å². The summed E-state index contributed by atoms with van der Waals surface area (Å²) in [6.45, 7) is 8.40. The summed E-state index contributed by atoms with van der Waals surface area (Å²) in [7, 11) is 0. The molecule has 0 radical (unpaired) electrons. The maximum Gasteiger partial charge on any atom is 0.148 e. The van der Waals surface area contributed by atoms with E-state index in [9.17, 15) is 4.39 Å². The molecule has 0 spiro atoms. The summed E-state index contributed by atoms with van der Waals surface area (Å²) in [5, 5.41) is 3.34. The van der Waals surface area contributed by atoms with E-state index in [4.69, 9.17) is 0 Å². The van der Waals surface area contributed by atoms with Crippen LogP contribution < -0.4 is 10.2 Å². The third-order valence-electron chi connectivity index (χ3n) is 3.79. The van der Waals surface area contributed by atoms with Crippen LogP contribution >= 0.6 is 0 Å². The van der Waals surface area contributed by atoms with Crippen molar-refractivity contribution in [3.05, 3.63) is 24.0 Å². The number of halogens is 1. The van der Waals surface area contributed by atoms with Crippen molar-refractivity contribution in [1.29, 1.82) is 0 Å². The van der Waals surface area contributed by atoms with Crippen LogP contribution in [-0.4, -0.2) is 19.1 Å². The number of anilines is 2. The molecule has 1 heterocycles. The van der Waals surface area contributed by atoms with E-state index in [1.807, 2.05) is 12.1 Å². The van der Waals surface area contributed by atoms with Gasteiger partial charge < -0.3 is 10.2 Å². The highest BCUT2D eigenvalue weighted by Gasteiger charge is 2.16. The van der Waals surface area contributed by atoms with Crippen LogP contribution in [-0.2, 0) is 0 Å². The Kier molecular flexibility index (Phi) is 4.10. The van der Waals surface area contributed by atoms with Gasteiger partial charge in [-0.15, -0.1) is 0 Å². The first-order valence-corrected chi connectivity index (χ1v) is 6.89. The van der Waals surface area contributed by atoms with Gasteiger partial charge in [0, 0.05) is 24.8 Å². The molecule has 0 aromatic heterocycles. The number of hydrogen-bond donors (Lipinski definition) is 1. The number of nitrogens with one attached hydrogen (secondary N) is 1. The lowest BCUT2D eigenvalue weighted by atomic mass is 10.1. The molecule has 100 valence electrons. The van der Waals surface area contributed by atoms with Gasteiger partial charge in [0.05, 0.1) is 5.69 Å². The van der Waals surface area contributed by atoms with Crippen LogP contribution in [0.1, 0.15) is 33.6 Å². The molecule has 1 aromatic rings. The van der Waals surface area contributed by atoms with Gasteiger partial charge in [0.25, 0.3) is 0 Å². The second kappa shape index (κ2) is 5.59. The van der Waals surface area contributed by atoms with E-state index in [0.717, 1.165) is 24.5 Å². The second-order valence-corrected chi connectivity index (χ2v) is 5.54. The Balaban J connectivity index is 2.09. The van der Waals surface area contributed by atoms with Gasteiger partial charge in [0.15, 0.2) is 0 Å². The van der Waals surface area contributed by atoms with Gasteiger partial charge in [-0.2, -0.15) is 0 Å². The molecular formula is C15H23FN2. The first kappa shape index (κ1) is 13.2. The van der Waals surface area contributed by atoms with Crippen molar-refractivity contribution in [2.24, 2.45) is 5.92 Å². The highest BCUT2D eigenvalue weighted by Crippen LogP contribution is 2.26. The smallest absolute Gasteiger partial charge is 0.148 e. The Labute approximate surface area is 109 Å². The van der Waals surface area contributed by atoms with Crippen LogP contribution in [0.4, 0.5) is 15.8 Å². The zero-order valence-electron chi connectivity index (χ0n) is 11.5. The molecule has 1 aromatic carbocycles. The molecule has 1 aliphatic rings. The number of rotatable bonds is 4. The topological polar surface area (TPSA) is 15.3 Å². The first-order valence-electron chi connectivity index (χ1n) is 6.89. The Bertz CT molecular complexity index is 397. The molecule has 3 heteroatoms. The fourth-order valence-corrected chi connectivity index (χ4v) is 2.24. The summed E-state index contributed by atoms with van der Waals surface area (Å²) in [6.07, 6.45) is 2.34. The molecule has 0 amide bonds. The summed E-state index contributed by atoms with van der Waals surface area (Å²) in [4.78, 5) is 2.13. The predicted molar refractivity (Wildman–Crippen MR) is 75.8 cm³/mol. The van der Waals surface area contributed by atoms with Crippen molar-refractivity contribution in [1.82, 2.24) is 0 Å². The molecule has 0 saturated carbocycles. The maximum absolute atomic E-state index is 14.1. The Hall–Kier alpha value is -1.25. The Morgan fingerprint density at radius 2 is 1.83 bits per heavy atom. The third-order valence-corrected chi connectivity index (χ3v) is 3.79. The first-order chi connectivity index (χ1) is 8.58. The summed E-state index contributed by atoms with van der Waals surface area (Å²) < 4.78 is 14.1. The number of nitrogens with zero attached hydrogens (tertiary/aromatic N) is 1. The molecule has 18 heavy (non-hydrogen) atoms. The van der Waals surface area contributed by atoms with Crippen LogP contribution in [0.5, 0.6) is 0 Å². The quantitative estimate of drug-likeness (QED) is 0.872. The fraction of sp³-hybridized carbons (Fsp3) is 0.600. The molecule has 1 aliphatic heterocycles. The van der Waals surface area contributed by atoms with Crippen molar-refractivity contribution in [3.8, 4) is 0 Å². The molecule has 1 unspecified atom stereocenters. The predicted octanol–water partition coefficient (Wildman–Crippen LogP) is 3.88. The van der Waals surface area contributed by atoms with Gasteiger partial charge in [-0.25, -0.2) is 4.39 Å². The lowest BCUT2D eigenvalue weighted by molar-refractivity contribution is 0.559. The second-order valence-electron chi connectivity index (χ2n) is 5.54. The minimum atomic E-state index is -0.113. The van der Waals surface area contributed by atoms with Gasteiger partial charge in [-0.05, 0) is 43.9 Å². The lowest BCUT2D eigenvalue weighted by Gasteiger charge is -2.21. The van der Waals surface area contributed by atoms with Crippen LogP contribution in [0.3, 0.4) is 0 Å². The van der Waals surface area contributed by atoms with Crippen LogP contribution in [0, 0.1) is 11.7 Å². The highest BCUT2D eigenvalue weighted by atomic mass is 19.1. The third kappa shape index (κ3) is 2.95. The lowest BCUT2D eigenvalue weighted by Crippen LogP contribution is -2.22. The van der Waals surface area contributed by atoms with Gasteiger partial charge >= 0.3 is 0 Å². The summed E-state index contributed by atoms with van der Waals surface area (Å²) >= 11 is 0. The molecule has 0 aliphatic carbocycles. The Morgan fingerprint density at radius 1 is 1.17 bits per heavy atom. The average Bonchev–Trinajstić information content (AvgIpc) is 2.82. The summed E-state index contributed by atoms with van der Waals surface area (Å²) in [6, 6.07) is 5.85. The summed E-state index contributed by atoms with van der Waals surface area (Å²) in [5.41, 5.74) is 1.62. The van der Waals surface area contributed by atoms with Crippen molar-refractivity contribution in [2.45, 2.75) is 39.7 Å². The maximum atomic E-state index is 14.1. The van der Waals surface area contributed by atoms with E-state index in [1.165, 1.54) is 12.8 Å². The van der Waals surface area contributed by atoms with E-state index < -0.39 is 0 Å². The van der Waals surface area contributed by atoms with Crippen molar-refractivity contribution in [3.63, 3.8) is 0 Å². The highest BCUT2D eigenvalue weighted by molar-refractivity contribution is 5.57. The molecule has 2 rings (SSSR count). The SMILES string of the molecule is CC(C)C(C)Nc1ccc(N2CCCC2)c(F)c1. The zero-order valence-corrected chi connectivity index (χ0v) is 11.5. The number of benzene rings is 1. The van der Waals surface area contributed by atoms with Crippen molar-refractivity contribution < 1.29 is 4.39 Å². The van der Waals surface area contributed by atoms with Crippen molar-refractivity contribution in [2.75, 3.05) is 23.3 Å². The van der Waals surface area contributed by atoms with E-state index in [-0.39, 0.29) is 5.82 Å². The fourth-order valence-electron chi connectivity index (χ4n) is 2.24. The monoisotopic (exact) mass is 250 g/mol. The molecule has 0 bridgehead atoms. The standard InChI is InChI=1S/C15H23FN2/c1-11(2)12(3)17-13-6-7-15(14(16)10-13)18-8-4-5-9-18/h6-7,10-12,17H,4-5,8-9H2,1-3H3. The molecule has 2 nitrogen and oxygen atoms in total. The van der Waals surface area contributed by atoms with E-state index in [1.54, 1.807) is 6.07 Å². The van der Waals surface area contributed by atoms with Crippen LogP contribution in [0.25, 0.3) is 0 Å². The molecule has 1 saturated heterocycles. The van der Waals surface area contributed by atoms with Gasteiger partial charge in [-0.3, -0.25) is 0 Å². The molecular weight excluding hydrogens is 227 g/mol. The van der Waals surface area contributed by atoms with Crippen LogP contribution in [0.2, 0.25) is 0 Å². The van der Waals surface area contributed by atoms with E-state index >= 15 is 0 Å². The van der Waals surface area contributed by atoms with Crippen LogP contribution in [0.15, 0.2) is 18.2 Å². The van der Waals surface area contributed by atoms with E-state index in [2.05, 4.69) is 31.0 Å². The minimum absolute atomic E-state index is 0.113. The normalized spacial score (nSPS) is 17.3. The average molecular weight is 250 g/mol. The minimum Gasteiger partial charge on any atom is -0.382 e. The summed E-state index contributed by atoms with van der Waals surface area (Å²) in [5.74, 6) is 0.421. The van der Waals surface area contributed by atoms with Gasteiger partial charge in [0.1, 0.15) is 5.82 Å². The largest absolute Gasteiger partial charge is 0.382 e. The van der Waals surface area contributed by atoms with Gasteiger partial charge in [0.2, 0.25) is 0 Å². The van der Waals surface area contributed by atoms with Crippen molar-refractivity contribution >= 4 is 11.4 Å². The zero-order chi connectivity index (χ0) is 13.1.